The lowest BCUT2D eigenvalue weighted by molar-refractivity contribution is 0.153. The van der Waals surface area contributed by atoms with Gasteiger partial charge in [0.15, 0.2) is 5.83 Å². The first-order chi connectivity index (χ1) is 3.18. The molecular formula is C3H3F3O. The van der Waals surface area contributed by atoms with E-state index in [1.807, 2.05) is 0 Å². The third kappa shape index (κ3) is 2.08. The highest BCUT2D eigenvalue weighted by Gasteiger charge is 2.07. The first kappa shape index (κ1) is 6.33. The third-order valence-corrected chi connectivity index (χ3v) is 0.332. The zero-order valence-electron chi connectivity index (χ0n) is 3.24. The summed E-state index contributed by atoms with van der Waals surface area (Å²) in [6.45, 7) is 0. The Morgan fingerprint density at radius 2 is 2.00 bits per heavy atom. The van der Waals surface area contributed by atoms with Gasteiger partial charge in [-0.3, -0.25) is 0 Å². The second-order valence-corrected chi connectivity index (χ2v) is 0.815. The van der Waals surface area contributed by atoms with Crippen LogP contribution in [0.25, 0.3) is 0 Å². The Balaban J connectivity index is 3.56. The summed E-state index contributed by atoms with van der Waals surface area (Å²) in [5, 5.41) is 7.49. The van der Waals surface area contributed by atoms with E-state index in [0.717, 1.165) is 0 Å². The van der Waals surface area contributed by atoms with E-state index < -0.39 is 12.3 Å². The molecule has 0 saturated heterocycles. The van der Waals surface area contributed by atoms with Crippen LogP contribution in [-0.4, -0.2) is 11.5 Å². The molecule has 0 bridgehead atoms. The second-order valence-electron chi connectivity index (χ2n) is 0.815. The standard InChI is InChI=1S/C3H3F3O/c4-2(1-7)3(5)6/h1,3,7H. The van der Waals surface area contributed by atoms with Gasteiger partial charge >= 0.3 is 0 Å². The number of halogens is 3. The van der Waals surface area contributed by atoms with Gasteiger partial charge in [0.2, 0.25) is 0 Å². The topological polar surface area (TPSA) is 20.2 Å². The summed E-state index contributed by atoms with van der Waals surface area (Å²) in [5.41, 5.74) is 0. The highest BCUT2D eigenvalue weighted by atomic mass is 19.3. The fraction of sp³-hybridized carbons (Fsp3) is 0.333. The molecule has 0 atom stereocenters. The number of alkyl halides is 2. The molecule has 0 aromatic heterocycles. The molecular weight excluding hydrogens is 109 g/mol. The minimum atomic E-state index is -3.19. The molecule has 0 heterocycles. The van der Waals surface area contributed by atoms with Crippen molar-refractivity contribution in [3.05, 3.63) is 12.1 Å². The molecule has 0 radical (unpaired) electrons. The minimum absolute atomic E-state index is 0.259. The molecule has 1 N–H and O–H groups in total. The van der Waals surface area contributed by atoms with Crippen LogP contribution in [0.1, 0.15) is 0 Å². The molecule has 0 unspecified atom stereocenters. The highest BCUT2D eigenvalue weighted by Crippen LogP contribution is 2.06. The first-order valence-electron chi connectivity index (χ1n) is 1.46. The molecule has 1 nitrogen and oxygen atoms in total. The Labute approximate surface area is 38.1 Å². The minimum Gasteiger partial charge on any atom is -0.513 e. The van der Waals surface area contributed by atoms with Crippen molar-refractivity contribution in [1.29, 1.82) is 0 Å². The quantitative estimate of drug-likeness (QED) is 0.511. The van der Waals surface area contributed by atoms with Gasteiger partial charge in [0, 0.05) is 0 Å². The fourth-order valence-corrected chi connectivity index (χ4v) is 0.0563. The average Bonchev–Trinajstić information content (AvgIpc) is 1.65. The summed E-state index contributed by atoms with van der Waals surface area (Å²) in [5.74, 6) is -1.81. The number of hydrogen-bond donors (Lipinski definition) is 1. The lowest BCUT2D eigenvalue weighted by Crippen LogP contribution is -1.88. The van der Waals surface area contributed by atoms with Gasteiger partial charge in [-0.05, 0) is 0 Å². The third-order valence-electron chi connectivity index (χ3n) is 0.332. The Morgan fingerprint density at radius 1 is 1.57 bits per heavy atom. The predicted octanol–water partition coefficient (Wildman–Crippen LogP) is 1.62. The Morgan fingerprint density at radius 3 is 2.00 bits per heavy atom. The Hall–Kier alpha value is -0.670. The normalized spacial score (nSPS) is 12.9. The van der Waals surface area contributed by atoms with Crippen molar-refractivity contribution in [2.45, 2.75) is 6.43 Å². The molecule has 0 spiro atoms. The molecule has 4 heteroatoms. The van der Waals surface area contributed by atoms with Crippen molar-refractivity contribution < 1.29 is 18.3 Å². The van der Waals surface area contributed by atoms with Gasteiger partial charge < -0.3 is 5.11 Å². The predicted molar refractivity (Wildman–Crippen MR) is 17.8 cm³/mol. The van der Waals surface area contributed by atoms with E-state index in [9.17, 15) is 13.2 Å². The van der Waals surface area contributed by atoms with E-state index in [0.29, 0.717) is 0 Å². The zero-order chi connectivity index (χ0) is 5.86. The van der Waals surface area contributed by atoms with Gasteiger partial charge in [-0.1, -0.05) is 0 Å². The van der Waals surface area contributed by atoms with Crippen LogP contribution in [0.15, 0.2) is 12.1 Å². The van der Waals surface area contributed by atoms with Crippen LogP contribution in [-0.2, 0) is 0 Å². The van der Waals surface area contributed by atoms with Crippen molar-refractivity contribution in [3.8, 4) is 0 Å². The van der Waals surface area contributed by atoms with Gasteiger partial charge in [-0.15, -0.1) is 0 Å². The van der Waals surface area contributed by atoms with Crippen LogP contribution in [0.2, 0.25) is 0 Å². The Kier molecular flexibility index (Phi) is 2.26. The number of rotatable bonds is 1. The monoisotopic (exact) mass is 112 g/mol. The van der Waals surface area contributed by atoms with E-state index in [2.05, 4.69) is 0 Å². The second kappa shape index (κ2) is 2.49. The number of aliphatic hydroxyl groups is 1. The molecule has 0 saturated carbocycles. The van der Waals surface area contributed by atoms with E-state index in [1.165, 1.54) is 0 Å². The van der Waals surface area contributed by atoms with Crippen molar-refractivity contribution in [2.24, 2.45) is 0 Å². The van der Waals surface area contributed by atoms with Crippen LogP contribution in [0, 0.1) is 0 Å². The number of hydrogen-bond acceptors (Lipinski definition) is 1. The highest BCUT2D eigenvalue weighted by molar-refractivity contribution is 4.86. The van der Waals surface area contributed by atoms with E-state index in [1.54, 1.807) is 0 Å². The zero-order valence-corrected chi connectivity index (χ0v) is 3.24. The van der Waals surface area contributed by atoms with Crippen LogP contribution in [0.3, 0.4) is 0 Å². The van der Waals surface area contributed by atoms with E-state index >= 15 is 0 Å². The van der Waals surface area contributed by atoms with Crippen LogP contribution in [0.5, 0.6) is 0 Å². The smallest absolute Gasteiger partial charge is 0.292 e. The lowest BCUT2D eigenvalue weighted by atomic mass is 10.6. The fourth-order valence-electron chi connectivity index (χ4n) is 0.0563. The summed E-state index contributed by atoms with van der Waals surface area (Å²) in [6.07, 6.45) is -3.45. The molecule has 0 rings (SSSR count). The van der Waals surface area contributed by atoms with Crippen molar-refractivity contribution in [2.75, 3.05) is 0 Å². The maximum absolute atomic E-state index is 11.1. The molecule has 7 heavy (non-hydrogen) atoms. The molecule has 0 aliphatic carbocycles. The van der Waals surface area contributed by atoms with Crippen LogP contribution < -0.4 is 0 Å². The van der Waals surface area contributed by atoms with Gasteiger partial charge in [0.05, 0.1) is 0 Å². The van der Waals surface area contributed by atoms with Gasteiger partial charge in [-0.2, -0.15) is 0 Å². The maximum Gasteiger partial charge on any atom is 0.292 e. The Bertz CT molecular complexity index is 78.2. The lowest BCUT2D eigenvalue weighted by Gasteiger charge is -1.86. The largest absolute Gasteiger partial charge is 0.513 e. The summed E-state index contributed by atoms with van der Waals surface area (Å²) < 4.78 is 32.8. The molecule has 0 aliphatic heterocycles. The van der Waals surface area contributed by atoms with Crippen LogP contribution >= 0.6 is 0 Å². The van der Waals surface area contributed by atoms with E-state index in [4.69, 9.17) is 5.11 Å². The number of allylic oxidation sites excluding steroid dienone is 1. The molecule has 0 aliphatic rings. The van der Waals surface area contributed by atoms with Gasteiger partial charge in [0.1, 0.15) is 6.26 Å². The summed E-state index contributed by atoms with van der Waals surface area (Å²) in [4.78, 5) is 0. The van der Waals surface area contributed by atoms with Crippen LogP contribution in [0.4, 0.5) is 13.2 Å². The van der Waals surface area contributed by atoms with Crippen molar-refractivity contribution >= 4 is 0 Å². The van der Waals surface area contributed by atoms with Gasteiger partial charge in [-0.25, -0.2) is 13.2 Å². The molecule has 0 fully saturated rings. The molecule has 0 aromatic rings. The summed E-state index contributed by atoms with van der Waals surface area (Å²) in [7, 11) is 0. The van der Waals surface area contributed by atoms with Gasteiger partial charge in [0.25, 0.3) is 6.43 Å². The van der Waals surface area contributed by atoms with Crippen molar-refractivity contribution in [3.63, 3.8) is 0 Å². The van der Waals surface area contributed by atoms with E-state index in [-0.39, 0.29) is 6.26 Å². The SMILES string of the molecule is OC=C(F)C(F)F. The molecule has 42 valence electrons. The molecule has 0 aromatic carbocycles. The summed E-state index contributed by atoms with van der Waals surface area (Å²) >= 11 is 0. The number of aliphatic hydroxyl groups excluding tert-OH is 1. The maximum atomic E-state index is 11.1. The average molecular weight is 112 g/mol. The molecule has 0 amide bonds. The van der Waals surface area contributed by atoms with Crippen molar-refractivity contribution in [1.82, 2.24) is 0 Å². The summed E-state index contributed by atoms with van der Waals surface area (Å²) in [6, 6.07) is 0. The first-order valence-corrected chi connectivity index (χ1v) is 1.46.